The van der Waals surface area contributed by atoms with Gasteiger partial charge in [0.15, 0.2) is 0 Å². The third-order valence-electron chi connectivity index (χ3n) is 1.71. The lowest BCUT2D eigenvalue weighted by molar-refractivity contribution is -0.107. The van der Waals surface area contributed by atoms with Gasteiger partial charge in [-0.3, -0.25) is 4.98 Å². The molecule has 4 nitrogen and oxygen atoms in total. The van der Waals surface area contributed by atoms with Gasteiger partial charge in [-0.1, -0.05) is 0 Å². The quantitative estimate of drug-likeness (QED) is 0.601. The van der Waals surface area contributed by atoms with E-state index in [0.717, 1.165) is 17.4 Å². The van der Waals surface area contributed by atoms with Gasteiger partial charge in [0, 0.05) is 24.4 Å². The van der Waals surface area contributed by atoms with Crippen LogP contribution in [0, 0.1) is 0 Å². The molecule has 2 rings (SSSR count). The summed E-state index contributed by atoms with van der Waals surface area (Å²) >= 11 is 0. The first kappa shape index (κ1) is 6.97. The highest BCUT2D eigenvalue weighted by Crippen LogP contribution is 2.07. The van der Waals surface area contributed by atoms with Crippen molar-refractivity contribution in [2.75, 3.05) is 0 Å². The third-order valence-corrected chi connectivity index (χ3v) is 1.71. The van der Waals surface area contributed by atoms with Gasteiger partial charge >= 0.3 is 0 Å². The summed E-state index contributed by atoms with van der Waals surface area (Å²) in [5, 5.41) is 4.06. The van der Waals surface area contributed by atoms with Gasteiger partial charge in [-0.05, 0) is 0 Å². The number of aldehydes is 1. The molecule has 0 atom stereocenters. The normalized spacial score (nSPS) is 10.3. The van der Waals surface area contributed by atoms with Crippen LogP contribution < -0.4 is 0 Å². The van der Waals surface area contributed by atoms with Crippen LogP contribution in [-0.2, 0) is 11.2 Å². The smallest absolute Gasteiger partial charge is 0.124 e. The molecule has 0 radical (unpaired) electrons. The molecule has 2 heterocycles. The predicted molar refractivity (Wildman–Crippen MR) is 42.8 cm³/mol. The number of carbonyl (C=O) groups excluding carboxylic acids is 1. The first-order valence-electron chi connectivity index (χ1n) is 3.61. The van der Waals surface area contributed by atoms with E-state index in [9.17, 15) is 4.79 Å². The SMILES string of the molecule is O=CCc1cnn2ccncc12. The Bertz CT molecular complexity index is 407. The monoisotopic (exact) mass is 161 g/mol. The molecule has 60 valence electrons. The number of aromatic nitrogens is 3. The Kier molecular flexibility index (Phi) is 1.59. The van der Waals surface area contributed by atoms with Gasteiger partial charge in [0.25, 0.3) is 0 Å². The second-order valence-corrected chi connectivity index (χ2v) is 2.45. The zero-order chi connectivity index (χ0) is 8.39. The maximum atomic E-state index is 10.3. The highest BCUT2D eigenvalue weighted by Gasteiger charge is 2.01. The zero-order valence-corrected chi connectivity index (χ0v) is 6.34. The molecular weight excluding hydrogens is 154 g/mol. The number of nitrogens with zero attached hydrogens (tertiary/aromatic N) is 3. The van der Waals surface area contributed by atoms with E-state index < -0.39 is 0 Å². The van der Waals surface area contributed by atoms with Gasteiger partial charge < -0.3 is 4.79 Å². The van der Waals surface area contributed by atoms with Crippen LogP contribution in [0.3, 0.4) is 0 Å². The predicted octanol–water partition coefficient (Wildman–Crippen LogP) is 0.471. The molecule has 2 aromatic rings. The first-order chi connectivity index (χ1) is 5.92. The number of carbonyl (C=O) groups is 1. The fourth-order valence-electron chi connectivity index (χ4n) is 1.13. The van der Waals surface area contributed by atoms with Crippen molar-refractivity contribution < 1.29 is 4.79 Å². The van der Waals surface area contributed by atoms with Crippen LogP contribution in [0.5, 0.6) is 0 Å². The maximum Gasteiger partial charge on any atom is 0.124 e. The average molecular weight is 161 g/mol. The van der Waals surface area contributed by atoms with E-state index in [1.807, 2.05) is 0 Å². The minimum absolute atomic E-state index is 0.398. The molecule has 0 aliphatic carbocycles. The standard InChI is InChI=1S/C8H7N3O/c12-4-1-7-5-10-11-3-2-9-6-8(7)11/h2-6H,1H2. The van der Waals surface area contributed by atoms with Gasteiger partial charge in [0.05, 0.1) is 17.9 Å². The third kappa shape index (κ3) is 0.972. The summed E-state index contributed by atoms with van der Waals surface area (Å²) < 4.78 is 1.70. The van der Waals surface area contributed by atoms with Gasteiger partial charge in [-0.2, -0.15) is 5.10 Å². The molecule has 0 bridgehead atoms. The number of hydrogen-bond acceptors (Lipinski definition) is 3. The molecule has 0 saturated carbocycles. The Morgan fingerprint density at radius 1 is 1.50 bits per heavy atom. The Balaban J connectivity index is 2.62. The van der Waals surface area contributed by atoms with Gasteiger partial charge in [-0.15, -0.1) is 0 Å². The fourth-order valence-corrected chi connectivity index (χ4v) is 1.13. The summed E-state index contributed by atoms with van der Waals surface area (Å²) in [7, 11) is 0. The second kappa shape index (κ2) is 2.73. The Morgan fingerprint density at radius 3 is 3.25 bits per heavy atom. The summed E-state index contributed by atoms with van der Waals surface area (Å²) in [4.78, 5) is 14.2. The van der Waals surface area contributed by atoms with Crippen LogP contribution in [-0.4, -0.2) is 20.9 Å². The summed E-state index contributed by atoms with van der Waals surface area (Å²) in [6, 6.07) is 0. The highest BCUT2D eigenvalue weighted by molar-refractivity contribution is 5.63. The molecule has 12 heavy (non-hydrogen) atoms. The zero-order valence-electron chi connectivity index (χ0n) is 6.34. The molecule has 0 N–H and O–H groups in total. The van der Waals surface area contributed by atoms with Gasteiger partial charge in [0.1, 0.15) is 6.29 Å². The maximum absolute atomic E-state index is 10.3. The second-order valence-electron chi connectivity index (χ2n) is 2.45. The molecule has 0 spiro atoms. The summed E-state index contributed by atoms with van der Waals surface area (Å²) in [5.74, 6) is 0. The van der Waals surface area contributed by atoms with Crippen LogP contribution in [0.4, 0.5) is 0 Å². The lowest BCUT2D eigenvalue weighted by atomic mass is 10.2. The van der Waals surface area contributed by atoms with Crippen molar-refractivity contribution in [2.45, 2.75) is 6.42 Å². The van der Waals surface area contributed by atoms with E-state index in [2.05, 4.69) is 10.1 Å². The van der Waals surface area contributed by atoms with Crippen molar-refractivity contribution in [1.82, 2.24) is 14.6 Å². The molecular formula is C8H7N3O. The van der Waals surface area contributed by atoms with E-state index >= 15 is 0 Å². The molecule has 0 aliphatic heterocycles. The molecule has 2 aromatic heterocycles. The summed E-state index contributed by atoms with van der Waals surface area (Å²) in [6.07, 6.45) is 8.06. The van der Waals surface area contributed by atoms with E-state index in [0.29, 0.717) is 6.42 Å². The average Bonchev–Trinajstić information content (AvgIpc) is 2.50. The number of fused-ring (bicyclic) bond motifs is 1. The Labute approximate surface area is 68.8 Å². The van der Waals surface area contributed by atoms with Crippen molar-refractivity contribution in [3.05, 3.63) is 30.4 Å². The summed E-state index contributed by atoms with van der Waals surface area (Å²) in [6.45, 7) is 0. The van der Waals surface area contributed by atoms with Crippen molar-refractivity contribution >= 4 is 11.8 Å². The van der Waals surface area contributed by atoms with Gasteiger partial charge in [-0.25, -0.2) is 4.52 Å². The van der Waals surface area contributed by atoms with Gasteiger partial charge in [0.2, 0.25) is 0 Å². The topological polar surface area (TPSA) is 47.3 Å². The van der Waals surface area contributed by atoms with Crippen LogP contribution in [0.1, 0.15) is 5.56 Å². The Hall–Kier alpha value is -1.71. The Morgan fingerprint density at radius 2 is 2.42 bits per heavy atom. The minimum Gasteiger partial charge on any atom is -0.303 e. The lowest BCUT2D eigenvalue weighted by Crippen LogP contribution is -1.88. The largest absolute Gasteiger partial charge is 0.303 e. The van der Waals surface area contributed by atoms with E-state index in [4.69, 9.17) is 0 Å². The van der Waals surface area contributed by atoms with E-state index in [1.165, 1.54) is 0 Å². The van der Waals surface area contributed by atoms with Crippen LogP contribution in [0.25, 0.3) is 5.52 Å². The molecule has 0 fully saturated rings. The number of hydrogen-bond donors (Lipinski definition) is 0. The lowest BCUT2D eigenvalue weighted by Gasteiger charge is -1.91. The van der Waals surface area contributed by atoms with Crippen molar-refractivity contribution in [3.63, 3.8) is 0 Å². The molecule has 0 unspecified atom stereocenters. The fraction of sp³-hybridized carbons (Fsp3) is 0.125. The van der Waals surface area contributed by atoms with E-state index in [1.54, 1.807) is 29.3 Å². The van der Waals surface area contributed by atoms with E-state index in [-0.39, 0.29) is 0 Å². The molecule has 0 saturated heterocycles. The molecule has 0 aromatic carbocycles. The molecule has 0 aliphatic rings. The van der Waals surface area contributed by atoms with Crippen molar-refractivity contribution in [1.29, 1.82) is 0 Å². The number of rotatable bonds is 2. The highest BCUT2D eigenvalue weighted by atomic mass is 16.1. The van der Waals surface area contributed by atoms with Crippen LogP contribution in [0.15, 0.2) is 24.8 Å². The van der Waals surface area contributed by atoms with Crippen LogP contribution >= 0.6 is 0 Å². The molecule has 0 amide bonds. The van der Waals surface area contributed by atoms with Crippen molar-refractivity contribution in [3.8, 4) is 0 Å². The first-order valence-corrected chi connectivity index (χ1v) is 3.61. The summed E-state index contributed by atoms with van der Waals surface area (Å²) in [5.41, 5.74) is 1.81. The van der Waals surface area contributed by atoms with Crippen LogP contribution in [0.2, 0.25) is 0 Å². The minimum atomic E-state index is 0.398. The molecule has 4 heteroatoms. The van der Waals surface area contributed by atoms with Crippen molar-refractivity contribution in [2.24, 2.45) is 0 Å².